The van der Waals surface area contributed by atoms with Gasteiger partial charge in [0.2, 0.25) is 0 Å². The number of hydrogen-bond acceptors (Lipinski definition) is 4. The molecule has 0 aliphatic carbocycles. The van der Waals surface area contributed by atoms with Crippen LogP contribution < -0.4 is 10.6 Å². The van der Waals surface area contributed by atoms with E-state index in [1.807, 2.05) is 39.1 Å². The zero-order chi connectivity index (χ0) is 14.5. The zero-order valence-corrected chi connectivity index (χ0v) is 12.0. The number of amides is 1. The monoisotopic (exact) mass is 273 g/mol. The lowest BCUT2D eigenvalue weighted by Gasteiger charge is -2.12. The summed E-state index contributed by atoms with van der Waals surface area (Å²) in [6, 6.07) is 5.73. The Morgan fingerprint density at radius 2 is 2.20 bits per heavy atom. The maximum Gasteiger partial charge on any atom is 0.253 e. The fourth-order valence-corrected chi connectivity index (χ4v) is 1.91. The van der Waals surface area contributed by atoms with Gasteiger partial charge >= 0.3 is 0 Å². The maximum absolute atomic E-state index is 12.2. The van der Waals surface area contributed by atoms with Crippen LogP contribution in [-0.4, -0.2) is 27.2 Å². The molecule has 0 saturated carbocycles. The van der Waals surface area contributed by atoms with Crippen LogP contribution in [0.4, 0.5) is 5.69 Å². The molecule has 1 aromatic carbocycles. The zero-order valence-electron chi connectivity index (χ0n) is 12.0. The van der Waals surface area contributed by atoms with Crippen LogP contribution in [0.15, 0.2) is 24.5 Å². The van der Waals surface area contributed by atoms with Gasteiger partial charge in [0.1, 0.15) is 6.33 Å². The van der Waals surface area contributed by atoms with Crippen molar-refractivity contribution in [3.8, 4) is 0 Å². The molecule has 0 aliphatic rings. The van der Waals surface area contributed by atoms with Gasteiger partial charge in [0, 0.05) is 19.3 Å². The van der Waals surface area contributed by atoms with Gasteiger partial charge in [-0.05, 0) is 31.5 Å². The molecular formula is C14H19N5O. The number of benzene rings is 1. The fourth-order valence-electron chi connectivity index (χ4n) is 1.91. The first-order chi connectivity index (χ1) is 9.61. The molecule has 6 nitrogen and oxygen atoms in total. The highest BCUT2D eigenvalue weighted by Crippen LogP contribution is 2.17. The second kappa shape index (κ2) is 6.18. The van der Waals surface area contributed by atoms with Gasteiger partial charge in [-0.3, -0.25) is 4.79 Å². The molecule has 1 heterocycles. The number of aryl methyl sites for hydroxylation is 2. The summed E-state index contributed by atoms with van der Waals surface area (Å²) in [5.41, 5.74) is 2.60. The Morgan fingerprint density at radius 3 is 2.85 bits per heavy atom. The molecule has 2 N–H and O–H groups in total. The van der Waals surface area contributed by atoms with Crippen LogP contribution in [0.1, 0.15) is 28.7 Å². The molecule has 0 spiro atoms. The van der Waals surface area contributed by atoms with E-state index in [2.05, 4.69) is 20.8 Å². The summed E-state index contributed by atoms with van der Waals surface area (Å²) in [6.07, 6.45) is 1.61. The standard InChI is InChI=1S/C14H19N5O/c1-4-15-12-7-10(2)5-6-11(12)14(20)16-8-13-18-17-9-19(13)3/h5-7,9,15H,4,8H2,1-3H3,(H,16,20). The van der Waals surface area contributed by atoms with Gasteiger partial charge in [-0.1, -0.05) is 6.07 Å². The predicted molar refractivity (Wildman–Crippen MR) is 77.5 cm³/mol. The number of aromatic nitrogens is 3. The lowest BCUT2D eigenvalue weighted by atomic mass is 10.1. The molecule has 20 heavy (non-hydrogen) atoms. The number of nitrogens with zero attached hydrogens (tertiary/aromatic N) is 3. The Labute approximate surface area is 118 Å². The van der Waals surface area contributed by atoms with E-state index >= 15 is 0 Å². The second-order valence-corrected chi connectivity index (χ2v) is 4.62. The van der Waals surface area contributed by atoms with Crippen molar-refractivity contribution in [1.29, 1.82) is 0 Å². The molecule has 0 saturated heterocycles. The summed E-state index contributed by atoms with van der Waals surface area (Å²) in [7, 11) is 1.84. The highest BCUT2D eigenvalue weighted by molar-refractivity contribution is 5.99. The molecular weight excluding hydrogens is 254 g/mol. The molecule has 0 atom stereocenters. The Hall–Kier alpha value is -2.37. The summed E-state index contributed by atoms with van der Waals surface area (Å²) in [5.74, 6) is 0.597. The highest BCUT2D eigenvalue weighted by atomic mass is 16.1. The number of hydrogen-bond donors (Lipinski definition) is 2. The van der Waals surface area contributed by atoms with Crippen LogP contribution in [-0.2, 0) is 13.6 Å². The molecule has 106 valence electrons. The van der Waals surface area contributed by atoms with Crippen LogP contribution >= 0.6 is 0 Å². The van der Waals surface area contributed by atoms with E-state index in [1.165, 1.54) is 0 Å². The van der Waals surface area contributed by atoms with E-state index < -0.39 is 0 Å². The number of anilines is 1. The minimum atomic E-state index is -0.121. The van der Waals surface area contributed by atoms with Crippen LogP contribution in [0.5, 0.6) is 0 Å². The van der Waals surface area contributed by atoms with E-state index in [-0.39, 0.29) is 5.91 Å². The summed E-state index contributed by atoms with van der Waals surface area (Å²) in [6.45, 7) is 5.13. The smallest absolute Gasteiger partial charge is 0.253 e. The lowest BCUT2D eigenvalue weighted by Crippen LogP contribution is -2.25. The van der Waals surface area contributed by atoms with Crippen LogP contribution in [0, 0.1) is 6.92 Å². The average Bonchev–Trinajstić information content (AvgIpc) is 2.82. The first kappa shape index (κ1) is 14.0. The van der Waals surface area contributed by atoms with Crippen LogP contribution in [0.3, 0.4) is 0 Å². The Bertz CT molecular complexity index is 605. The fraction of sp³-hybridized carbons (Fsp3) is 0.357. The van der Waals surface area contributed by atoms with Crippen molar-refractivity contribution in [2.45, 2.75) is 20.4 Å². The number of carbonyl (C=O) groups excluding carboxylic acids is 1. The molecule has 1 aromatic heterocycles. The summed E-state index contributed by atoms with van der Waals surface area (Å²) >= 11 is 0. The highest BCUT2D eigenvalue weighted by Gasteiger charge is 2.12. The first-order valence-electron chi connectivity index (χ1n) is 6.57. The summed E-state index contributed by atoms with van der Waals surface area (Å²) in [4.78, 5) is 12.2. The van der Waals surface area contributed by atoms with Crippen molar-refractivity contribution >= 4 is 11.6 Å². The van der Waals surface area contributed by atoms with E-state index in [4.69, 9.17) is 0 Å². The van der Waals surface area contributed by atoms with Gasteiger partial charge in [0.25, 0.3) is 5.91 Å². The minimum absolute atomic E-state index is 0.121. The number of rotatable bonds is 5. The van der Waals surface area contributed by atoms with E-state index in [1.54, 1.807) is 10.9 Å². The third-order valence-electron chi connectivity index (χ3n) is 3.00. The minimum Gasteiger partial charge on any atom is -0.385 e. The molecule has 0 unspecified atom stereocenters. The Kier molecular flexibility index (Phi) is 4.34. The van der Waals surface area contributed by atoms with Crippen molar-refractivity contribution < 1.29 is 4.79 Å². The van der Waals surface area contributed by atoms with Gasteiger partial charge in [-0.25, -0.2) is 0 Å². The maximum atomic E-state index is 12.2. The first-order valence-corrected chi connectivity index (χ1v) is 6.57. The van der Waals surface area contributed by atoms with E-state index in [9.17, 15) is 4.79 Å². The summed E-state index contributed by atoms with van der Waals surface area (Å²) in [5, 5.41) is 13.8. The van der Waals surface area contributed by atoms with Gasteiger partial charge in [0.05, 0.1) is 12.1 Å². The third kappa shape index (κ3) is 3.14. The average molecular weight is 273 g/mol. The van der Waals surface area contributed by atoms with E-state index in [0.717, 1.165) is 23.6 Å². The molecule has 0 fully saturated rings. The Balaban J connectivity index is 2.11. The molecule has 2 aromatic rings. The topological polar surface area (TPSA) is 71.8 Å². The van der Waals surface area contributed by atoms with Crippen molar-refractivity contribution in [3.05, 3.63) is 41.5 Å². The number of carbonyl (C=O) groups is 1. The van der Waals surface area contributed by atoms with Crippen molar-refractivity contribution in [3.63, 3.8) is 0 Å². The summed E-state index contributed by atoms with van der Waals surface area (Å²) < 4.78 is 1.78. The predicted octanol–water partition coefficient (Wildman–Crippen LogP) is 1.49. The van der Waals surface area contributed by atoms with Crippen molar-refractivity contribution in [2.75, 3.05) is 11.9 Å². The second-order valence-electron chi connectivity index (χ2n) is 4.62. The lowest BCUT2D eigenvalue weighted by molar-refractivity contribution is 0.0950. The van der Waals surface area contributed by atoms with Crippen molar-refractivity contribution in [2.24, 2.45) is 7.05 Å². The molecule has 0 bridgehead atoms. The molecule has 1 amide bonds. The molecule has 0 radical (unpaired) electrons. The normalized spacial score (nSPS) is 10.3. The SMILES string of the molecule is CCNc1cc(C)ccc1C(=O)NCc1nncn1C. The number of nitrogens with one attached hydrogen (secondary N) is 2. The van der Waals surface area contributed by atoms with Gasteiger partial charge in [-0.2, -0.15) is 0 Å². The van der Waals surface area contributed by atoms with Crippen molar-refractivity contribution in [1.82, 2.24) is 20.1 Å². The van der Waals surface area contributed by atoms with Crippen LogP contribution in [0.25, 0.3) is 0 Å². The van der Waals surface area contributed by atoms with Crippen LogP contribution in [0.2, 0.25) is 0 Å². The largest absolute Gasteiger partial charge is 0.385 e. The van der Waals surface area contributed by atoms with Gasteiger partial charge < -0.3 is 15.2 Å². The molecule has 0 aliphatic heterocycles. The molecule has 6 heteroatoms. The third-order valence-corrected chi connectivity index (χ3v) is 3.00. The van der Waals surface area contributed by atoms with Gasteiger partial charge in [-0.15, -0.1) is 10.2 Å². The van der Waals surface area contributed by atoms with Gasteiger partial charge in [0.15, 0.2) is 5.82 Å². The quantitative estimate of drug-likeness (QED) is 0.865. The Morgan fingerprint density at radius 1 is 1.40 bits per heavy atom. The molecule has 2 rings (SSSR count). The van der Waals surface area contributed by atoms with E-state index in [0.29, 0.717) is 12.1 Å².